The second-order valence-electron chi connectivity index (χ2n) is 5.54. The lowest BCUT2D eigenvalue weighted by molar-refractivity contribution is -0.118. The molecular formula is C19H22ClNO4. The molecule has 134 valence electrons. The number of methoxy groups -OCH3 is 1. The maximum absolute atomic E-state index is 12.2. The summed E-state index contributed by atoms with van der Waals surface area (Å²) in [6.07, 6.45) is 0. The third kappa shape index (κ3) is 5.66. The fraction of sp³-hybridized carbons (Fsp3) is 0.316. The zero-order valence-electron chi connectivity index (χ0n) is 14.6. The molecule has 0 bridgehead atoms. The van der Waals surface area contributed by atoms with E-state index in [4.69, 9.17) is 25.8 Å². The number of para-hydroxylation sites is 1. The molecule has 1 amide bonds. The molecule has 0 spiro atoms. The van der Waals surface area contributed by atoms with Gasteiger partial charge in [-0.2, -0.15) is 0 Å². The zero-order valence-corrected chi connectivity index (χ0v) is 15.4. The van der Waals surface area contributed by atoms with Crippen molar-refractivity contribution in [3.8, 4) is 11.5 Å². The van der Waals surface area contributed by atoms with E-state index in [2.05, 4.69) is 5.32 Å². The van der Waals surface area contributed by atoms with Gasteiger partial charge in [-0.15, -0.1) is 0 Å². The molecule has 2 aromatic carbocycles. The first-order valence-electron chi connectivity index (χ1n) is 7.91. The molecule has 0 atom stereocenters. The molecule has 0 saturated heterocycles. The van der Waals surface area contributed by atoms with Gasteiger partial charge in [-0.1, -0.05) is 23.7 Å². The number of rotatable bonds is 8. The Bertz CT molecular complexity index is 733. The van der Waals surface area contributed by atoms with Gasteiger partial charge >= 0.3 is 0 Å². The highest BCUT2D eigenvalue weighted by Gasteiger charge is 2.12. The minimum atomic E-state index is -0.294. The molecule has 2 aromatic rings. The minimum absolute atomic E-state index is 0.105. The van der Waals surface area contributed by atoms with Gasteiger partial charge in [-0.05, 0) is 49.2 Å². The van der Waals surface area contributed by atoms with E-state index in [1.807, 2.05) is 32.0 Å². The van der Waals surface area contributed by atoms with Gasteiger partial charge in [0.15, 0.2) is 12.4 Å². The van der Waals surface area contributed by atoms with Crippen LogP contribution < -0.4 is 14.8 Å². The van der Waals surface area contributed by atoms with E-state index in [1.54, 1.807) is 25.3 Å². The first kappa shape index (κ1) is 19.1. The molecule has 0 aliphatic carbocycles. The number of carbonyl (C=O) groups excluding carboxylic acids is 1. The molecule has 0 aliphatic heterocycles. The van der Waals surface area contributed by atoms with Crippen molar-refractivity contribution < 1.29 is 19.0 Å². The molecular weight excluding hydrogens is 342 g/mol. The van der Waals surface area contributed by atoms with Crippen LogP contribution in [0, 0.1) is 13.8 Å². The van der Waals surface area contributed by atoms with Gasteiger partial charge in [0.2, 0.25) is 0 Å². The third-order valence-electron chi connectivity index (χ3n) is 3.62. The molecule has 5 nitrogen and oxygen atoms in total. The topological polar surface area (TPSA) is 56.8 Å². The lowest BCUT2D eigenvalue weighted by atomic mass is 10.1. The summed E-state index contributed by atoms with van der Waals surface area (Å²) in [4.78, 5) is 12.2. The van der Waals surface area contributed by atoms with E-state index in [1.165, 1.54) is 5.56 Å². The number of benzene rings is 2. The van der Waals surface area contributed by atoms with Crippen molar-refractivity contribution in [3.63, 3.8) is 0 Å². The fourth-order valence-corrected chi connectivity index (χ4v) is 2.35. The van der Waals surface area contributed by atoms with Crippen molar-refractivity contribution in [2.75, 3.05) is 32.2 Å². The quantitative estimate of drug-likeness (QED) is 0.720. The number of ether oxygens (including phenoxy) is 3. The molecule has 0 aromatic heterocycles. The van der Waals surface area contributed by atoms with Crippen molar-refractivity contribution in [1.82, 2.24) is 0 Å². The van der Waals surface area contributed by atoms with Gasteiger partial charge in [0.25, 0.3) is 5.91 Å². The van der Waals surface area contributed by atoms with E-state index >= 15 is 0 Å². The van der Waals surface area contributed by atoms with Crippen LogP contribution in [0.15, 0.2) is 36.4 Å². The summed E-state index contributed by atoms with van der Waals surface area (Å²) in [6.45, 7) is 4.68. The summed E-state index contributed by atoms with van der Waals surface area (Å²) in [5, 5.41) is 3.18. The predicted molar refractivity (Wildman–Crippen MR) is 98.9 cm³/mol. The summed E-state index contributed by atoms with van der Waals surface area (Å²) in [5.41, 5.74) is 2.78. The number of anilines is 1. The second-order valence-corrected chi connectivity index (χ2v) is 5.95. The normalized spacial score (nSPS) is 10.4. The Kier molecular flexibility index (Phi) is 7.10. The summed E-state index contributed by atoms with van der Waals surface area (Å²) in [6, 6.07) is 10.9. The second kappa shape index (κ2) is 9.30. The van der Waals surface area contributed by atoms with E-state index in [-0.39, 0.29) is 12.5 Å². The average Bonchev–Trinajstić information content (AvgIpc) is 2.58. The highest BCUT2D eigenvalue weighted by Crippen LogP contribution is 2.32. The summed E-state index contributed by atoms with van der Waals surface area (Å²) >= 11 is 6.15. The van der Waals surface area contributed by atoms with Gasteiger partial charge in [0.05, 0.1) is 17.3 Å². The summed E-state index contributed by atoms with van der Waals surface area (Å²) < 4.78 is 16.1. The van der Waals surface area contributed by atoms with Crippen LogP contribution in [-0.2, 0) is 9.53 Å². The van der Waals surface area contributed by atoms with Crippen LogP contribution in [0.5, 0.6) is 11.5 Å². The lowest BCUT2D eigenvalue weighted by Crippen LogP contribution is -2.21. The lowest BCUT2D eigenvalue weighted by Gasteiger charge is -2.14. The van der Waals surface area contributed by atoms with Crippen LogP contribution in [0.1, 0.15) is 11.1 Å². The molecule has 0 saturated carbocycles. The van der Waals surface area contributed by atoms with Gasteiger partial charge in [0, 0.05) is 7.11 Å². The van der Waals surface area contributed by atoms with Crippen molar-refractivity contribution in [2.24, 2.45) is 0 Å². The van der Waals surface area contributed by atoms with Crippen LogP contribution in [0.2, 0.25) is 5.02 Å². The summed E-state index contributed by atoms with van der Waals surface area (Å²) in [7, 11) is 1.59. The number of aryl methyl sites for hydroxylation is 2. The number of hydrogen-bond acceptors (Lipinski definition) is 4. The van der Waals surface area contributed by atoms with E-state index in [0.717, 1.165) is 5.56 Å². The standard InChI is InChI=1S/C19H22ClNO4/c1-13-7-8-15(11-14(13)2)25-12-18(22)21-17-6-4-5-16(20)19(17)24-10-9-23-3/h4-8,11H,9-10,12H2,1-3H3,(H,21,22). The predicted octanol–water partition coefficient (Wildman–Crippen LogP) is 4.00. The zero-order chi connectivity index (χ0) is 18.2. The van der Waals surface area contributed by atoms with E-state index < -0.39 is 0 Å². The molecule has 25 heavy (non-hydrogen) atoms. The Hall–Kier alpha value is -2.24. The molecule has 2 rings (SSSR count). The average molecular weight is 364 g/mol. The third-order valence-corrected chi connectivity index (χ3v) is 3.92. The van der Waals surface area contributed by atoms with Crippen LogP contribution >= 0.6 is 11.6 Å². The van der Waals surface area contributed by atoms with Crippen LogP contribution in [0.3, 0.4) is 0 Å². The smallest absolute Gasteiger partial charge is 0.262 e. The largest absolute Gasteiger partial charge is 0.487 e. The Morgan fingerprint density at radius 3 is 2.60 bits per heavy atom. The molecule has 1 N–H and O–H groups in total. The molecule has 6 heteroatoms. The first-order valence-corrected chi connectivity index (χ1v) is 8.29. The van der Waals surface area contributed by atoms with Gasteiger partial charge in [-0.3, -0.25) is 4.79 Å². The van der Waals surface area contributed by atoms with Gasteiger partial charge in [-0.25, -0.2) is 0 Å². The van der Waals surface area contributed by atoms with Crippen molar-refractivity contribution in [1.29, 1.82) is 0 Å². The van der Waals surface area contributed by atoms with Crippen LogP contribution in [0.25, 0.3) is 0 Å². The van der Waals surface area contributed by atoms with E-state index in [0.29, 0.717) is 35.4 Å². The maximum Gasteiger partial charge on any atom is 0.262 e. The molecule has 0 fully saturated rings. The number of carbonyl (C=O) groups is 1. The van der Waals surface area contributed by atoms with Crippen molar-refractivity contribution in [3.05, 3.63) is 52.5 Å². The Labute approximate surface area is 152 Å². The minimum Gasteiger partial charge on any atom is -0.487 e. The Morgan fingerprint density at radius 1 is 1.08 bits per heavy atom. The van der Waals surface area contributed by atoms with Gasteiger partial charge < -0.3 is 19.5 Å². The first-order chi connectivity index (χ1) is 12.0. The SMILES string of the molecule is COCCOc1c(Cl)cccc1NC(=O)COc1ccc(C)c(C)c1. The van der Waals surface area contributed by atoms with Crippen molar-refractivity contribution in [2.45, 2.75) is 13.8 Å². The number of nitrogens with one attached hydrogen (secondary N) is 1. The Balaban J connectivity index is 1.97. The fourth-order valence-electron chi connectivity index (χ4n) is 2.12. The molecule has 0 aliphatic rings. The number of halogens is 1. The highest BCUT2D eigenvalue weighted by molar-refractivity contribution is 6.32. The van der Waals surface area contributed by atoms with Gasteiger partial charge in [0.1, 0.15) is 12.4 Å². The molecule has 0 radical (unpaired) electrons. The Morgan fingerprint density at radius 2 is 1.88 bits per heavy atom. The summed E-state index contributed by atoms with van der Waals surface area (Å²) in [5.74, 6) is 0.777. The molecule has 0 unspecified atom stereocenters. The van der Waals surface area contributed by atoms with Crippen LogP contribution in [-0.4, -0.2) is 32.8 Å². The molecule has 0 heterocycles. The highest BCUT2D eigenvalue weighted by atomic mass is 35.5. The van der Waals surface area contributed by atoms with E-state index in [9.17, 15) is 4.79 Å². The maximum atomic E-state index is 12.2. The van der Waals surface area contributed by atoms with Crippen LogP contribution in [0.4, 0.5) is 5.69 Å². The van der Waals surface area contributed by atoms with Crippen molar-refractivity contribution >= 4 is 23.2 Å². The monoisotopic (exact) mass is 363 g/mol. The number of hydrogen-bond donors (Lipinski definition) is 1. The number of amides is 1.